The summed E-state index contributed by atoms with van der Waals surface area (Å²) in [6.07, 6.45) is 4.32. The van der Waals surface area contributed by atoms with Crippen LogP contribution in [0.15, 0.2) is 24.8 Å². The maximum absolute atomic E-state index is 13.2. The fourth-order valence-corrected chi connectivity index (χ4v) is 4.76. The number of piperidine rings is 1. The molecule has 3 rings (SSSR count). The molecule has 0 aliphatic carbocycles. The van der Waals surface area contributed by atoms with Crippen molar-refractivity contribution in [3.63, 3.8) is 0 Å². The minimum Gasteiger partial charge on any atom is -0.339 e. The molecule has 2 heterocycles. The Hall–Kier alpha value is -1.52. The Morgan fingerprint density at radius 1 is 1.23 bits per heavy atom. The van der Waals surface area contributed by atoms with Gasteiger partial charge in [0.1, 0.15) is 0 Å². The molecule has 1 saturated heterocycles. The number of amides is 2. The fourth-order valence-electron chi connectivity index (χ4n) is 4.15. The van der Waals surface area contributed by atoms with E-state index in [4.69, 9.17) is 23.2 Å². The van der Waals surface area contributed by atoms with Gasteiger partial charge in [0, 0.05) is 35.6 Å². The van der Waals surface area contributed by atoms with Crippen LogP contribution in [-0.4, -0.2) is 41.2 Å². The standard InChI is InChI=1S/C20H24Cl2N2O2/c1-3-18-16-11-14(21)12-17(22)15(16)7-10-24(18)20(26)13-5-8-23(9-6-13)19(25)4-2/h4,11-13,18H,2-3,5-10H2,1H3. The molecule has 4 nitrogen and oxygen atoms in total. The van der Waals surface area contributed by atoms with E-state index in [0.29, 0.717) is 42.5 Å². The number of hydrogen-bond donors (Lipinski definition) is 0. The number of hydrogen-bond acceptors (Lipinski definition) is 2. The first-order valence-electron chi connectivity index (χ1n) is 9.15. The molecule has 1 fully saturated rings. The lowest BCUT2D eigenvalue weighted by molar-refractivity contribution is -0.142. The highest BCUT2D eigenvalue weighted by Crippen LogP contribution is 2.39. The van der Waals surface area contributed by atoms with E-state index in [2.05, 4.69) is 13.5 Å². The summed E-state index contributed by atoms with van der Waals surface area (Å²) < 4.78 is 0. The summed E-state index contributed by atoms with van der Waals surface area (Å²) in [7, 11) is 0. The second-order valence-corrected chi connectivity index (χ2v) is 7.81. The topological polar surface area (TPSA) is 40.6 Å². The number of halogens is 2. The lowest BCUT2D eigenvalue weighted by atomic mass is 9.88. The van der Waals surface area contributed by atoms with Crippen LogP contribution in [0.1, 0.15) is 43.4 Å². The van der Waals surface area contributed by atoms with Gasteiger partial charge in [-0.3, -0.25) is 9.59 Å². The Kier molecular flexibility index (Phi) is 5.93. The molecule has 2 aliphatic heterocycles. The minimum atomic E-state index is -0.0569. The first-order chi connectivity index (χ1) is 12.5. The van der Waals surface area contributed by atoms with Crippen LogP contribution >= 0.6 is 23.2 Å². The lowest BCUT2D eigenvalue weighted by Gasteiger charge is -2.41. The van der Waals surface area contributed by atoms with Gasteiger partial charge in [0.2, 0.25) is 11.8 Å². The zero-order valence-electron chi connectivity index (χ0n) is 15.0. The molecule has 140 valence electrons. The van der Waals surface area contributed by atoms with E-state index in [-0.39, 0.29) is 23.8 Å². The number of fused-ring (bicyclic) bond motifs is 1. The summed E-state index contributed by atoms with van der Waals surface area (Å²) in [6.45, 7) is 7.52. The number of nitrogens with zero attached hydrogens (tertiary/aromatic N) is 2. The molecule has 1 aromatic rings. The highest BCUT2D eigenvalue weighted by molar-refractivity contribution is 6.35. The minimum absolute atomic E-state index is 0.00952. The van der Waals surface area contributed by atoms with Gasteiger partial charge in [-0.2, -0.15) is 0 Å². The van der Waals surface area contributed by atoms with Gasteiger partial charge in [-0.1, -0.05) is 36.7 Å². The Morgan fingerprint density at radius 3 is 2.54 bits per heavy atom. The molecule has 0 bridgehead atoms. The van der Waals surface area contributed by atoms with Crippen LogP contribution in [0.5, 0.6) is 0 Å². The summed E-state index contributed by atoms with van der Waals surface area (Å²) in [6, 6.07) is 3.73. The number of benzene rings is 1. The van der Waals surface area contributed by atoms with Gasteiger partial charge in [0.25, 0.3) is 0 Å². The van der Waals surface area contributed by atoms with Crippen LogP contribution in [0, 0.1) is 5.92 Å². The van der Waals surface area contributed by atoms with E-state index < -0.39 is 0 Å². The van der Waals surface area contributed by atoms with Crippen molar-refractivity contribution in [2.75, 3.05) is 19.6 Å². The van der Waals surface area contributed by atoms with E-state index in [1.165, 1.54) is 6.08 Å². The summed E-state index contributed by atoms with van der Waals surface area (Å²) in [5, 5.41) is 1.30. The van der Waals surface area contributed by atoms with Crippen molar-refractivity contribution in [3.8, 4) is 0 Å². The third-order valence-electron chi connectivity index (χ3n) is 5.53. The Labute approximate surface area is 164 Å². The predicted molar refractivity (Wildman–Crippen MR) is 104 cm³/mol. The molecule has 2 aliphatic rings. The van der Waals surface area contributed by atoms with Gasteiger partial charge in [-0.25, -0.2) is 0 Å². The average molecular weight is 395 g/mol. The number of carbonyl (C=O) groups is 2. The van der Waals surface area contributed by atoms with Crippen molar-refractivity contribution in [1.29, 1.82) is 0 Å². The van der Waals surface area contributed by atoms with Crippen molar-refractivity contribution in [2.24, 2.45) is 5.92 Å². The first-order valence-corrected chi connectivity index (χ1v) is 9.91. The maximum Gasteiger partial charge on any atom is 0.245 e. The van der Waals surface area contributed by atoms with Crippen LogP contribution in [0.4, 0.5) is 0 Å². The molecule has 1 unspecified atom stereocenters. The van der Waals surface area contributed by atoms with Crippen molar-refractivity contribution >= 4 is 35.0 Å². The molecular weight excluding hydrogens is 371 g/mol. The summed E-state index contributed by atoms with van der Waals surface area (Å²) in [5.41, 5.74) is 2.18. The molecule has 0 aromatic heterocycles. The fraction of sp³-hybridized carbons (Fsp3) is 0.500. The molecule has 0 radical (unpaired) electrons. The average Bonchev–Trinajstić information content (AvgIpc) is 2.65. The van der Waals surface area contributed by atoms with Crippen LogP contribution in [-0.2, 0) is 16.0 Å². The molecule has 0 N–H and O–H groups in total. The predicted octanol–water partition coefficient (Wildman–Crippen LogP) is 4.25. The van der Waals surface area contributed by atoms with Gasteiger partial charge in [-0.15, -0.1) is 0 Å². The van der Waals surface area contributed by atoms with Gasteiger partial charge in [0.15, 0.2) is 0 Å². The van der Waals surface area contributed by atoms with E-state index >= 15 is 0 Å². The third kappa shape index (κ3) is 3.63. The molecular formula is C20H24Cl2N2O2. The summed E-state index contributed by atoms with van der Waals surface area (Å²) in [5.74, 6) is 0.0944. The van der Waals surface area contributed by atoms with E-state index in [1.54, 1.807) is 11.0 Å². The second kappa shape index (κ2) is 8.01. The van der Waals surface area contributed by atoms with E-state index in [0.717, 1.165) is 24.0 Å². The number of likely N-dealkylation sites (tertiary alicyclic amines) is 1. The van der Waals surface area contributed by atoms with E-state index in [9.17, 15) is 9.59 Å². The van der Waals surface area contributed by atoms with Gasteiger partial charge in [-0.05, 0) is 55.0 Å². The lowest BCUT2D eigenvalue weighted by Crippen LogP contribution is -2.47. The molecule has 0 saturated carbocycles. The quantitative estimate of drug-likeness (QED) is 0.718. The smallest absolute Gasteiger partial charge is 0.245 e. The summed E-state index contributed by atoms with van der Waals surface area (Å²) in [4.78, 5) is 28.7. The monoisotopic (exact) mass is 394 g/mol. The Bertz CT molecular complexity index is 727. The van der Waals surface area contributed by atoms with Crippen LogP contribution in [0.2, 0.25) is 10.0 Å². The van der Waals surface area contributed by atoms with E-state index in [1.807, 2.05) is 11.0 Å². The zero-order valence-corrected chi connectivity index (χ0v) is 16.5. The number of rotatable bonds is 3. The highest BCUT2D eigenvalue weighted by atomic mass is 35.5. The molecule has 6 heteroatoms. The molecule has 2 amide bonds. The number of carbonyl (C=O) groups excluding carboxylic acids is 2. The van der Waals surface area contributed by atoms with Crippen molar-refractivity contribution < 1.29 is 9.59 Å². The van der Waals surface area contributed by atoms with Crippen molar-refractivity contribution in [1.82, 2.24) is 9.80 Å². The van der Waals surface area contributed by atoms with Crippen LogP contribution in [0.25, 0.3) is 0 Å². The maximum atomic E-state index is 13.2. The molecule has 26 heavy (non-hydrogen) atoms. The van der Waals surface area contributed by atoms with Crippen molar-refractivity contribution in [3.05, 3.63) is 46.0 Å². The first kappa shape index (κ1) is 19.2. The van der Waals surface area contributed by atoms with Gasteiger partial charge in [0.05, 0.1) is 6.04 Å². The normalized spacial score (nSPS) is 20.7. The van der Waals surface area contributed by atoms with Crippen LogP contribution in [0.3, 0.4) is 0 Å². The SMILES string of the molecule is C=CC(=O)N1CCC(C(=O)N2CCc3c(Cl)cc(Cl)cc3C2CC)CC1. The zero-order chi connectivity index (χ0) is 18.8. The molecule has 1 aromatic carbocycles. The van der Waals surface area contributed by atoms with Crippen LogP contribution < -0.4 is 0 Å². The van der Waals surface area contributed by atoms with Crippen molar-refractivity contribution in [2.45, 2.75) is 38.6 Å². The molecule has 0 spiro atoms. The summed E-state index contributed by atoms with van der Waals surface area (Å²) >= 11 is 12.6. The third-order valence-corrected chi connectivity index (χ3v) is 6.09. The highest BCUT2D eigenvalue weighted by Gasteiger charge is 2.36. The van der Waals surface area contributed by atoms with Gasteiger partial charge < -0.3 is 9.80 Å². The largest absolute Gasteiger partial charge is 0.339 e. The molecule has 1 atom stereocenters. The van der Waals surface area contributed by atoms with Gasteiger partial charge >= 0.3 is 0 Å². The Morgan fingerprint density at radius 2 is 1.92 bits per heavy atom. The Balaban J connectivity index is 1.76. The second-order valence-electron chi connectivity index (χ2n) is 6.96.